The Balaban J connectivity index is 1.93. The SMILES string of the molecule is C1CC[C@H]2NCCC[C@H]2NC1. The summed E-state index contributed by atoms with van der Waals surface area (Å²) in [5.41, 5.74) is 0. The maximum absolute atomic E-state index is 3.62. The van der Waals surface area contributed by atoms with Crippen molar-refractivity contribution in [3.63, 3.8) is 0 Å². The van der Waals surface area contributed by atoms with E-state index in [2.05, 4.69) is 10.6 Å². The molecule has 0 spiro atoms. The van der Waals surface area contributed by atoms with Gasteiger partial charge in [-0.1, -0.05) is 6.42 Å². The Kier molecular flexibility index (Phi) is 2.44. The van der Waals surface area contributed by atoms with Gasteiger partial charge in [-0.15, -0.1) is 0 Å². The molecule has 0 aromatic rings. The number of hydrogen-bond donors (Lipinski definition) is 2. The second-order valence-electron chi connectivity index (χ2n) is 3.76. The third kappa shape index (κ3) is 1.74. The summed E-state index contributed by atoms with van der Waals surface area (Å²) in [4.78, 5) is 0. The first kappa shape index (κ1) is 7.56. The highest BCUT2D eigenvalue weighted by molar-refractivity contribution is 4.88. The number of rotatable bonds is 0. The third-order valence-electron chi connectivity index (χ3n) is 2.93. The topological polar surface area (TPSA) is 24.1 Å². The molecule has 2 saturated heterocycles. The van der Waals surface area contributed by atoms with E-state index in [1.165, 1.54) is 45.2 Å². The molecule has 0 aromatic heterocycles. The molecule has 0 amide bonds. The van der Waals surface area contributed by atoms with Crippen molar-refractivity contribution in [3.05, 3.63) is 0 Å². The lowest BCUT2D eigenvalue weighted by Gasteiger charge is -2.31. The van der Waals surface area contributed by atoms with E-state index >= 15 is 0 Å². The van der Waals surface area contributed by atoms with Crippen LogP contribution in [0, 0.1) is 0 Å². The second-order valence-corrected chi connectivity index (χ2v) is 3.76. The lowest BCUT2D eigenvalue weighted by Crippen LogP contribution is -2.50. The van der Waals surface area contributed by atoms with E-state index < -0.39 is 0 Å². The van der Waals surface area contributed by atoms with Crippen molar-refractivity contribution in [1.29, 1.82) is 0 Å². The van der Waals surface area contributed by atoms with Gasteiger partial charge in [-0.25, -0.2) is 0 Å². The molecule has 0 saturated carbocycles. The Bertz CT molecular complexity index is 111. The van der Waals surface area contributed by atoms with Crippen LogP contribution in [0.3, 0.4) is 0 Å². The highest BCUT2D eigenvalue weighted by Gasteiger charge is 2.24. The van der Waals surface area contributed by atoms with E-state index in [1.807, 2.05) is 0 Å². The van der Waals surface area contributed by atoms with Gasteiger partial charge in [0.2, 0.25) is 0 Å². The van der Waals surface area contributed by atoms with Crippen LogP contribution >= 0.6 is 0 Å². The Morgan fingerprint density at radius 2 is 1.36 bits per heavy atom. The predicted molar refractivity (Wildman–Crippen MR) is 46.7 cm³/mol. The van der Waals surface area contributed by atoms with Gasteiger partial charge >= 0.3 is 0 Å². The molecule has 2 N–H and O–H groups in total. The quantitative estimate of drug-likeness (QED) is 0.541. The monoisotopic (exact) mass is 154 g/mol. The van der Waals surface area contributed by atoms with Crippen LogP contribution in [0.25, 0.3) is 0 Å². The fourth-order valence-electron chi connectivity index (χ4n) is 2.28. The smallest absolute Gasteiger partial charge is 0.0221 e. The third-order valence-corrected chi connectivity index (χ3v) is 2.93. The molecule has 64 valence electrons. The Labute approximate surface area is 68.7 Å². The zero-order chi connectivity index (χ0) is 7.52. The van der Waals surface area contributed by atoms with Gasteiger partial charge in [-0.2, -0.15) is 0 Å². The number of nitrogens with one attached hydrogen (secondary N) is 2. The van der Waals surface area contributed by atoms with Crippen LogP contribution in [0.1, 0.15) is 32.1 Å². The van der Waals surface area contributed by atoms with Gasteiger partial charge < -0.3 is 10.6 Å². The fourth-order valence-corrected chi connectivity index (χ4v) is 2.28. The van der Waals surface area contributed by atoms with Crippen molar-refractivity contribution >= 4 is 0 Å². The highest BCUT2D eigenvalue weighted by Crippen LogP contribution is 2.16. The fraction of sp³-hybridized carbons (Fsp3) is 1.00. The molecular weight excluding hydrogens is 136 g/mol. The number of piperidine rings is 1. The summed E-state index contributed by atoms with van der Waals surface area (Å²) >= 11 is 0. The molecular formula is C9H18N2. The summed E-state index contributed by atoms with van der Waals surface area (Å²) in [7, 11) is 0. The van der Waals surface area contributed by atoms with Crippen LogP contribution in [0.15, 0.2) is 0 Å². The first-order valence-corrected chi connectivity index (χ1v) is 4.93. The minimum absolute atomic E-state index is 0.784. The lowest BCUT2D eigenvalue weighted by molar-refractivity contribution is 0.308. The summed E-state index contributed by atoms with van der Waals surface area (Å²) in [5, 5.41) is 7.22. The molecule has 2 aliphatic rings. The average molecular weight is 154 g/mol. The average Bonchev–Trinajstić information content (AvgIpc) is 2.28. The zero-order valence-electron chi connectivity index (χ0n) is 7.10. The number of fused-ring (bicyclic) bond motifs is 1. The van der Waals surface area contributed by atoms with Crippen molar-refractivity contribution in [2.24, 2.45) is 0 Å². The van der Waals surface area contributed by atoms with Crippen molar-refractivity contribution < 1.29 is 0 Å². The predicted octanol–water partition coefficient (Wildman–Crippen LogP) is 0.880. The molecule has 0 radical (unpaired) electrons. The van der Waals surface area contributed by atoms with Gasteiger partial charge in [-0.3, -0.25) is 0 Å². The van der Waals surface area contributed by atoms with Gasteiger partial charge in [0.25, 0.3) is 0 Å². The van der Waals surface area contributed by atoms with Gasteiger partial charge in [0.05, 0.1) is 0 Å². The van der Waals surface area contributed by atoms with E-state index in [0.29, 0.717) is 0 Å². The van der Waals surface area contributed by atoms with Crippen molar-refractivity contribution in [1.82, 2.24) is 10.6 Å². The first-order valence-electron chi connectivity index (χ1n) is 4.93. The normalized spacial score (nSPS) is 39.3. The molecule has 2 rings (SSSR count). The largest absolute Gasteiger partial charge is 0.312 e. The van der Waals surface area contributed by atoms with E-state index in [9.17, 15) is 0 Å². The van der Waals surface area contributed by atoms with Crippen LogP contribution in [-0.2, 0) is 0 Å². The van der Waals surface area contributed by atoms with Gasteiger partial charge in [0.1, 0.15) is 0 Å². The molecule has 2 fully saturated rings. The molecule has 11 heavy (non-hydrogen) atoms. The van der Waals surface area contributed by atoms with Crippen molar-refractivity contribution in [2.75, 3.05) is 13.1 Å². The molecule has 0 unspecified atom stereocenters. The molecule has 2 heterocycles. The minimum Gasteiger partial charge on any atom is -0.312 e. The van der Waals surface area contributed by atoms with E-state index in [1.54, 1.807) is 0 Å². The van der Waals surface area contributed by atoms with E-state index in [0.717, 1.165) is 12.1 Å². The van der Waals surface area contributed by atoms with Crippen LogP contribution in [-0.4, -0.2) is 25.2 Å². The molecule has 0 bridgehead atoms. The Morgan fingerprint density at radius 1 is 0.727 bits per heavy atom. The van der Waals surface area contributed by atoms with Gasteiger partial charge in [0, 0.05) is 12.1 Å². The van der Waals surface area contributed by atoms with E-state index in [4.69, 9.17) is 0 Å². The van der Waals surface area contributed by atoms with Crippen LogP contribution < -0.4 is 10.6 Å². The zero-order valence-corrected chi connectivity index (χ0v) is 7.10. The summed E-state index contributed by atoms with van der Waals surface area (Å²) in [6.45, 7) is 2.48. The van der Waals surface area contributed by atoms with Crippen LogP contribution in [0.2, 0.25) is 0 Å². The lowest BCUT2D eigenvalue weighted by atomic mass is 9.96. The van der Waals surface area contributed by atoms with E-state index in [-0.39, 0.29) is 0 Å². The molecule has 2 atom stereocenters. The standard InChI is InChI=1S/C9H18N2/c1-2-6-10-9-5-3-7-11-8(9)4-1/h8-11H,1-7H2/t8-,9-/m1/s1. The second kappa shape index (κ2) is 3.55. The highest BCUT2D eigenvalue weighted by atomic mass is 15.0. The summed E-state index contributed by atoms with van der Waals surface area (Å²) in [6.07, 6.45) is 6.90. The summed E-state index contributed by atoms with van der Waals surface area (Å²) in [6, 6.07) is 1.57. The maximum Gasteiger partial charge on any atom is 0.0221 e. The molecule has 2 nitrogen and oxygen atoms in total. The van der Waals surface area contributed by atoms with Crippen LogP contribution in [0.5, 0.6) is 0 Å². The molecule has 2 heteroatoms. The number of hydrogen-bond acceptors (Lipinski definition) is 2. The van der Waals surface area contributed by atoms with Crippen LogP contribution in [0.4, 0.5) is 0 Å². The minimum atomic E-state index is 0.784. The van der Waals surface area contributed by atoms with Crippen molar-refractivity contribution in [3.8, 4) is 0 Å². The molecule has 0 aromatic carbocycles. The first-order chi connectivity index (χ1) is 5.47. The Morgan fingerprint density at radius 3 is 2.18 bits per heavy atom. The maximum atomic E-state index is 3.62. The van der Waals surface area contributed by atoms with Gasteiger partial charge in [-0.05, 0) is 38.8 Å². The summed E-state index contributed by atoms with van der Waals surface area (Å²) < 4.78 is 0. The summed E-state index contributed by atoms with van der Waals surface area (Å²) in [5.74, 6) is 0. The molecule has 2 aliphatic heterocycles. The molecule has 0 aliphatic carbocycles. The van der Waals surface area contributed by atoms with Crippen molar-refractivity contribution in [2.45, 2.75) is 44.2 Å². The van der Waals surface area contributed by atoms with Gasteiger partial charge in [0.15, 0.2) is 0 Å². The Hall–Kier alpha value is -0.0800.